The number of benzene rings is 2. The van der Waals surface area contributed by atoms with Gasteiger partial charge in [0, 0.05) is 17.0 Å². The molecule has 3 rings (SSSR count). The first-order chi connectivity index (χ1) is 9.20. The smallest absolute Gasteiger partial charge is 0.344 e. The van der Waals surface area contributed by atoms with Crippen molar-refractivity contribution in [3.05, 3.63) is 48.0 Å². The second kappa shape index (κ2) is 4.24. The lowest BCUT2D eigenvalue weighted by Gasteiger charge is -2.02. The predicted molar refractivity (Wildman–Crippen MR) is 69.6 cm³/mol. The zero-order valence-corrected chi connectivity index (χ0v) is 10.2. The Balaban J connectivity index is 2.23. The Hall–Kier alpha value is -2.62. The SMILES string of the molecule is COC(=O)/C=C1\C(=O)Oc2c1ccc1ccccc21. The molecule has 94 valence electrons. The summed E-state index contributed by atoms with van der Waals surface area (Å²) >= 11 is 0. The van der Waals surface area contributed by atoms with Gasteiger partial charge in [0.15, 0.2) is 0 Å². The van der Waals surface area contributed by atoms with Crippen LogP contribution in [0, 0.1) is 0 Å². The number of fused-ring (bicyclic) bond motifs is 3. The summed E-state index contributed by atoms with van der Waals surface area (Å²) < 4.78 is 9.80. The van der Waals surface area contributed by atoms with Gasteiger partial charge in [0.1, 0.15) is 5.75 Å². The van der Waals surface area contributed by atoms with Crippen LogP contribution in [-0.4, -0.2) is 19.0 Å². The summed E-state index contributed by atoms with van der Waals surface area (Å²) in [5.41, 5.74) is 0.849. The lowest BCUT2D eigenvalue weighted by molar-refractivity contribution is -0.135. The van der Waals surface area contributed by atoms with E-state index in [9.17, 15) is 9.59 Å². The molecule has 0 saturated carbocycles. The normalized spacial score (nSPS) is 15.4. The van der Waals surface area contributed by atoms with Gasteiger partial charge in [0.05, 0.1) is 12.7 Å². The molecule has 0 radical (unpaired) electrons. The van der Waals surface area contributed by atoms with E-state index in [0.29, 0.717) is 11.3 Å². The van der Waals surface area contributed by atoms with Crippen LogP contribution >= 0.6 is 0 Å². The Kier molecular flexibility index (Phi) is 2.56. The minimum atomic E-state index is -0.576. The Bertz CT molecular complexity index is 728. The fraction of sp³-hybridized carbons (Fsp3) is 0.0667. The maximum atomic E-state index is 11.8. The third-order valence-corrected chi connectivity index (χ3v) is 3.05. The zero-order chi connectivity index (χ0) is 13.4. The highest BCUT2D eigenvalue weighted by Crippen LogP contribution is 2.39. The van der Waals surface area contributed by atoms with Crippen molar-refractivity contribution < 1.29 is 19.1 Å². The van der Waals surface area contributed by atoms with Crippen LogP contribution in [0.4, 0.5) is 0 Å². The minimum absolute atomic E-state index is 0.229. The van der Waals surface area contributed by atoms with E-state index in [-0.39, 0.29) is 5.57 Å². The van der Waals surface area contributed by atoms with E-state index in [0.717, 1.165) is 16.8 Å². The van der Waals surface area contributed by atoms with Crippen molar-refractivity contribution in [1.82, 2.24) is 0 Å². The highest BCUT2D eigenvalue weighted by molar-refractivity contribution is 6.26. The molecule has 0 amide bonds. The zero-order valence-electron chi connectivity index (χ0n) is 10.2. The lowest BCUT2D eigenvalue weighted by Crippen LogP contribution is -2.04. The first-order valence-corrected chi connectivity index (χ1v) is 5.74. The van der Waals surface area contributed by atoms with Crippen LogP contribution in [0.2, 0.25) is 0 Å². The van der Waals surface area contributed by atoms with Gasteiger partial charge in [-0.3, -0.25) is 0 Å². The molecule has 2 aromatic carbocycles. The number of carbonyl (C=O) groups excluding carboxylic acids is 2. The molecule has 0 spiro atoms. The van der Waals surface area contributed by atoms with Crippen molar-refractivity contribution in [2.75, 3.05) is 7.11 Å². The summed E-state index contributed by atoms with van der Waals surface area (Å²) in [6.07, 6.45) is 1.16. The summed E-state index contributed by atoms with van der Waals surface area (Å²) in [6.45, 7) is 0. The molecule has 0 N–H and O–H groups in total. The number of methoxy groups -OCH3 is 1. The van der Waals surface area contributed by atoms with Crippen molar-refractivity contribution in [3.63, 3.8) is 0 Å². The maximum absolute atomic E-state index is 11.8. The summed E-state index contributed by atoms with van der Waals surface area (Å²) in [6, 6.07) is 11.3. The molecular formula is C15H10O4. The second-order valence-electron chi connectivity index (χ2n) is 4.13. The molecular weight excluding hydrogens is 244 g/mol. The monoisotopic (exact) mass is 254 g/mol. The van der Waals surface area contributed by atoms with Gasteiger partial charge in [0.2, 0.25) is 0 Å². The topological polar surface area (TPSA) is 52.6 Å². The third kappa shape index (κ3) is 1.78. The first-order valence-electron chi connectivity index (χ1n) is 5.74. The third-order valence-electron chi connectivity index (χ3n) is 3.05. The molecule has 2 aromatic rings. The van der Waals surface area contributed by atoms with Crippen molar-refractivity contribution in [1.29, 1.82) is 0 Å². The molecule has 0 unspecified atom stereocenters. The van der Waals surface area contributed by atoms with Crippen LogP contribution in [0.25, 0.3) is 16.3 Å². The quantitative estimate of drug-likeness (QED) is 0.445. The van der Waals surface area contributed by atoms with E-state index in [1.54, 1.807) is 6.07 Å². The Morgan fingerprint density at radius 1 is 1.21 bits per heavy atom. The number of esters is 2. The standard InChI is InChI=1S/C15H10O4/c1-18-13(16)8-12-11-7-6-9-4-2-3-5-10(9)14(11)19-15(12)17/h2-8H,1H3/b12-8-. The van der Waals surface area contributed by atoms with Gasteiger partial charge in [-0.25, -0.2) is 9.59 Å². The molecule has 0 atom stereocenters. The highest BCUT2D eigenvalue weighted by Gasteiger charge is 2.29. The number of ether oxygens (including phenoxy) is 2. The first kappa shape index (κ1) is 11.5. The summed E-state index contributed by atoms with van der Waals surface area (Å²) in [5.74, 6) is -0.608. The summed E-state index contributed by atoms with van der Waals surface area (Å²) in [7, 11) is 1.26. The molecule has 0 fully saturated rings. The van der Waals surface area contributed by atoms with E-state index < -0.39 is 11.9 Å². The van der Waals surface area contributed by atoms with Crippen molar-refractivity contribution in [2.24, 2.45) is 0 Å². The predicted octanol–water partition coefficient (Wildman–Crippen LogP) is 2.32. The number of rotatable bonds is 1. The lowest BCUT2D eigenvalue weighted by atomic mass is 10.0. The Labute approximate surface area is 109 Å². The van der Waals surface area contributed by atoms with Crippen molar-refractivity contribution in [2.45, 2.75) is 0 Å². The fourth-order valence-electron chi connectivity index (χ4n) is 2.14. The van der Waals surface area contributed by atoms with E-state index in [1.807, 2.05) is 30.3 Å². The average molecular weight is 254 g/mol. The molecule has 0 bridgehead atoms. The van der Waals surface area contributed by atoms with Crippen LogP contribution in [0.1, 0.15) is 5.56 Å². The molecule has 19 heavy (non-hydrogen) atoms. The van der Waals surface area contributed by atoms with Crippen LogP contribution in [0.5, 0.6) is 5.75 Å². The van der Waals surface area contributed by atoms with Gasteiger partial charge in [-0.2, -0.15) is 0 Å². The van der Waals surface area contributed by atoms with E-state index in [4.69, 9.17) is 4.74 Å². The van der Waals surface area contributed by atoms with Crippen LogP contribution in [0.3, 0.4) is 0 Å². The largest absolute Gasteiger partial charge is 0.466 e. The number of hydrogen-bond acceptors (Lipinski definition) is 4. The Morgan fingerprint density at radius 2 is 2.00 bits per heavy atom. The molecule has 1 heterocycles. The highest BCUT2D eigenvalue weighted by atomic mass is 16.5. The molecule has 0 aliphatic carbocycles. The second-order valence-corrected chi connectivity index (χ2v) is 4.13. The number of carbonyl (C=O) groups is 2. The average Bonchev–Trinajstić information content (AvgIpc) is 2.75. The van der Waals surface area contributed by atoms with Crippen molar-refractivity contribution in [3.8, 4) is 5.75 Å². The Morgan fingerprint density at radius 3 is 2.79 bits per heavy atom. The molecule has 0 aromatic heterocycles. The van der Waals surface area contributed by atoms with E-state index >= 15 is 0 Å². The van der Waals surface area contributed by atoms with E-state index in [2.05, 4.69) is 4.74 Å². The van der Waals surface area contributed by atoms with Gasteiger partial charge in [-0.1, -0.05) is 30.3 Å². The summed E-state index contributed by atoms with van der Waals surface area (Å²) in [5, 5.41) is 1.83. The van der Waals surface area contributed by atoms with Crippen LogP contribution < -0.4 is 4.74 Å². The van der Waals surface area contributed by atoms with Crippen LogP contribution in [0.15, 0.2) is 42.5 Å². The van der Waals surface area contributed by atoms with Crippen molar-refractivity contribution >= 4 is 28.3 Å². The van der Waals surface area contributed by atoms with Gasteiger partial charge in [-0.05, 0) is 11.5 Å². The van der Waals surface area contributed by atoms with Gasteiger partial charge < -0.3 is 9.47 Å². The molecule has 4 nitrogen and oxygen atoms in total. The van der Waals surface area contributed by atoms with Gasteiger partial charge in [-0.15, -0.1) is 0 Å². The van der Waals surface area contributed by atoms with E-state index in [1.165, 1.54) is 7.11 Å². The fourth-order valence-corrected chi connectivity index (χ4v) is 2.14. The number of hydrogen-bond donors (Lipinski definition) is 0. The van der Waals surface area contributed by atoms with Crippen LogP contribution in [-0.2, 0) is 14.3 Å². The molecule has 1 aliphatic rings. The van der Waals surface area contributed by atoms with Gasteiger partial charge >= 0.3 is 11.9 Å². The molecule has 4 heteroatoms. The maximum Gasteiger partial charge on any atom is 0.344 e. The molecule has 0 saturated heterocycles. The summed E-state index contributed by atoms with van der Waals surface area (Å²) in [4.78, 5) is 23.1. The molecule has 1 aliphatic heterocycles. The van der Waals surface area contributed by atoms with Gasteiger partial charge in [0.25, 0.3) is 0 Å². The minimum Gasteiger partial charge on any atom is -0.466 e.